The van der Waals surface area contributed by atoms with Gasteiger partial charge in [0.2, 0.25) is 0 Å². The van der Waals surface area contributed by atoms with Gasteiger partial charge in [0.25, 0.3) is 0 Å². The van der Waals surface area contributed by atoms with Crippen LogP contribution in [-0.2, 0) is 30.7 Å². The molecule has 4 aromatic rings. The molecule has 1 atom stereocenters. The number of fused-ring (bicyclic) bond motifs is 4. The van der Waals surface area contributed by atoms with Gasteiger partial charge in [-0.05, 0) is 92.7 Å². The van der Waals surface area contributed by atoms with Crippen LogP contribution in [0.25, 0.3) is 21.9 Å². The Hall–Kier alpha value is -2.05. The van der Waals surface area contributed by atoms with E-state index in [0.29, 0.717) is 11.3 Å². The van der Waals surface area contributed by atoms with Crippen LogP contribution in [0.15, 0.2) is 78.4 Å². The third-order valence-electron chi connectivity index (χ3n) is 12.6. The van der Waals surface area contributed by atoms with E-state index in [1.54, 1.807) is 12.0 Å². The molecular weight excluding hydrogens is 715 g/mol. The minimum absolute atomic E-state index is 0. The van der Waals surface area contributed by atoms with E-state index in [1.165, 1.54) is 114 Å². The molecule has 4 aromatic carbocycles. The third kappa shape index (κ3) is 7.48. The molecule has 0 radical (unpaired) electrons. The van der Waals surface area contributed by atoms with Crippen LogP contribution in [0.3, 0.4) is 0 Å². The second-order valence-corrected chi connectivity index (χ2v) is 17.6. The Bertz CT molecular complexity index is 1840. The number of halogens is 2. The van der Waals surface area contributed by atoms with E-state index in [1.807, 2.05) is 0 Å². The second-order valence-electron chi connectivity index (χ2n) is 15.7. The van der Waals surface area contributed by atoms with Gasteiger partial charge in [0.15, 0.2) is 0 Å². The van der Waals surface area contributed by atoms with E-state index >= 15 is 0 Å². The van der Waals surface area contributed by atoms with Gasteiger partial charge in [-0.25, -0.2) is 6.08 Å². The van der Waals surface area contributed by atoms with Crippen molar-refractivity contribution in [2.75, 3.05) is 0 Å². The molecule has 0 aliphatic heterocycles. The average molecular weight is 765 g/mol. The molecule has 0 N–H and O–H groups in total. The predicted octanol–water partition coefficient (Wildman–Crippen LogP) is 5.61. The van der Waals surface area contributed by atoms with Gasteiger partial charge in [-0.15, -0.1) is 11.1 Å². The Morgan fingerprint density at radius 2 is 1.37 bits per heavy atom. The number of hydrogen-bond acceptors (Lipinski definition) is 0. The molecule has 10 rings (SSSR count). The monoisotopic (exact) mass is 762 g/mol. The molecule has 0 saturated heterocycles. The molecule has 0 heterocycles. The van der Waals surface area contributed by atoms with Crippen LogP contribution in [0.1, 0.15) is 91.8 Å². The molecule has 1 unspecified atom stereocenters. The van der Waals surface area contributed by atoms with E-state index in [-0.39, 0.29) is 24.8 Å². The normalized spacial score (nSPS) is 26.3. The van der Waals surface area contributed by atoms with Crippen molar-refractivity contribution in [2.24, 2.45) is 35.0 Å². The van der Waals surface area contributed by atoms with Gasteiger partial charge in [-0.1, -0.05) is 56.7 Å². The van der Waals surface area contributed by atoms with Crippen LogP contribution in [0, 0.1) is 74.8 Å². The molecule has 4 bridgehead atoms. The molecule has 6 aliphatic rings. The fraction of sp³-hybridized carbons (Fsp3) is 0.413. The summed E-state index contributed by atoms with van der Waals surface area (Å²) < 4.78 is 1.46. The van der Waals surface area contributed by atoms with Gasteiger partial charge in [-0.2, -0.15) is 34.9 Å². The van der Waals surface area contributed by atoms with Gasteiger partial charge in [0.1, 0.15) is 0 Å². The van der Waals surface area contributed by atoms with Crippen molar-refractivity contribution in [1.82, 2.24) is 0 Å². The van der Waals surface area contributed by atoms with Crippen molar-refractivity contribution in [3.63, 3.8) is 0 Å². The summed E-state index contributed by atoms with van der Waals surface area (Å²) in [7, 11) is 0. The molecule has 0 amide bonds. The quantitative estimate of drug-likeness (QED) is 0.205. The summed E-state index contributed by atoms with van der Waals surface area (Å²) in [5.74, 6) is 4.68. The summed E-state index contributed by atoms with van der Waals surface area (Å²) >= 11 is 1.50. The van der Waals surface area contributed by atoms with Crippen molar-refractivity contribution >= 4 is 14.0 Å². The van der Waals surface area contributed by atoms with Crippen LogP contribution in [0.5, 0.6) is 0 Å². The zero-order chi connectivity index (χ0) is 33.0. The molecule has 6 aliphatic carbocycles. The van der Waals surface area contributed by atoms with E-state index in [4.69, 9.17) is 0 Å². The van der Waals surface area contributed by atoms with E-state index in [2.05, 4.69) is 133 Å². The average Bonchev–Trinajstić information content (AvgIpc) is 3.63. The van der Waals surface area contributed by atoms with Gasteiger partial charge in [0.05, 0.1) is 0 Å². The maximum atomic E-state index is 3.54. The molecule has 254 valence electrons. The van der Waals surface area contributed by atoms with Crippen molar-refractivity contribution in [2.45, 2.75) is 87.0 Å². The van der Waals surface area contributed by atoms with Crippen molar-refractivity contribution < 1.29 is 49.0 Å². The Morgan fingerprint density at radius 3 is 1.98 bits per heavy atom. The zero-order valence-electron chi connectivity index (χ0n) is 30.3. The fourth-order valence-corrected chi connectivity index (χ4v) is 10.0. The first kappa shape index (κ1) is 38.2. The van der Waals surface area contributed by atoms with Gasteiger partial charge < -0.3 is 24.8 Å². The molecule has 0 nitrogen and oxygen atoms in total. The maximum Gasteiger partial charge on any atom is -0.0253 e. The second kappa shape index (κ2) is 15.3. The molecule has 0 aromatic heterocycles. The van der Waals surface area contributed by atoms with E-state index in [9.17, 15) is 0 Å². The fourth-order valence-electron chi connectivity index (χ4n) is 9.63. The molecule has 3 heteroatoms. The predicted molar refractivity (Wildman–Crippen MR) is 196 cm³/mol. The minimum Gasteiger partial charge on any atom is -1.00 e. The maximum absolute atomic E-state index is 3.54. The first-order valence-electron chi connectivity index (χ1n) is 18.0. The van der Waals surface area contributed by atoms with Gasteiger partial charge in [0, 0.05) is 0 Å². The van der Waals surface area contributed by atoms with Crippen molar-refractivity contribution in [1.29, 1.82) is 0 Å². The summed E-state index contributed by atoms with van der Waals surface area (Å²) in [5.41, 5.74) is 14.6. The smallest absolute Gasteiger partial charge is 0.0253 e. The summed E-state index contributed by atoms with van der Waals surface area (Å²) in [6.07, 6.45) is 17.0. The van der Waals surface area contributed by atoms with Crippen molar-refractivity contribution in [3.05, 3.63) is 129 Å². The summed E-state index contributed by atoms with van der Waals surface area (Å²) in [6, 6.07) is 25.7. The molecular formula is C46H50Cl2Zr-2. The first-order valence-corrected chi connectivity index (χ1v) is 19.2. The number of rotatable bonds is 2. The van der Waals surface area contributed by atoms with Crippen LogP contribution < -0.4 is 24.8 Å². The number of allylic oxidation sites excluding steroid dienone is 4. The van der Waals surface area contributed by atoms with Crippen molar-refractivity contribution in [3.8, 4) is 11.1 Å². The minimum atomic E-state index is 0. The summed E-state index contributed by atoms with van der Waals surface area (Å²) in [5, 5.41) is 2.66. The van der Waals surface area contributed by atoms with Crippen LogP contribution in [0.2, 0.25) is 0 Å². The number of hydrogen-bond donors (Lipinski definition) is 0. The van der Waals surface area contributed by atoms with Gasteiger partial charge in [-0.3, -0.25) is 6.08 Å². The number of aryl methyl sites for hydroxylation is 4. The topological polar surface area (TPSA) is 0 Å². The molecule has 49 heavy (non-hydrogen) atoms. The number of benzene rings is 4. The molecule has 0 spiro atoms. The summed E-state index contributed by atoms with van der Waals surface area (Å²) in [6.45, 7) is 15.7. The zero-order valence-corrected chi connectivity index (χ0v) is 34.3. The Labute approximate surface area is 323 Å². The molecule has 4 saturated carbocycles. The Balaban J connectivity index is 0.000000142. The van der Waals surface area contributed by atoms with Crippen LogP contribution in [-0.4, -0.2) is 3.21 Å². The first-order chi connectivity index (χ1) is 22.5. The van der Waals surface area contributed by atoms with Crippen LogP contribution in [0.4, 0.5) is 0 Å². The van der Waals surface area contributed by atoms with E-state index < -0.39 is 0 Å². The third-order valence-corrected chi connectivity index (χ3v) is 13.3. The Kier molecular flexibility index (Phi) is 11.9. The van der Waals surface area contributed by atoms with Crippen LogP contribution >= 0.6 is 0 Å². The summed E-state index contributed by atoms with van der Waals surface area (Å²) in [4.78, 5) is 0. The van der Waals surface area contributed by atoms with E-state index in [0.717, 1.165) is 30.1 Å². The Morgan fingerprint density at radius 1 is 0.755 bits per heavy atom. The SMILES string of the molecule is CC1[C-]=CC(C2(C)C3CC4CC(C3)CC2C4)=C1.C[C](=[Zr+2])c1ccc2ccccc2c1.Cc1[c-]c2c(cc1C)-c1cc(C)c(C)cc1C2.[Cl-].[Cl-]. The largest absolute Gasteiger partial charge is 1.00 e. The van der Waals surface area contributed by atoms with Gasteiger partial charge >= 0.3 is 93.2 Å². The molecule has 4 fully saturated rings. The standard InChI is InChI=1S/C17H23.C17H17.C12H10.2ClH.Zr/c1-11-3-4-14(5-11)17(2)15-7-12-6-13(9-15)10-16(17)8-12;1-10-5-14-9-15-6-11(2)13(4)8-17(15)16(14)7-12(10)3;1-2-10-7-8-11-5-3-4-6-12(11)9-10;;;/h4-5,11-13,15-16H,6-10H2,1-2H3;5,7-8H,9H2,1-4H3;3-9H,1H3;2*1H;/q2*-1;;;;+2/p-2.